The van der Waals surface area contributed by atoms with Crippen molar-refractivity contribution in [2.24, 2.45) is 0 Å². The van der Waals surface area contributed by atoms with Gasteiger partial charge in [0.15, 0.2) is 0 Å². The van der Waals surface area contributed by atoms with Gasteiger partial charge in [-0.05, 0) is 35.8 Å². The lowest BCUT2D eigenvalue weighted by molar-refractivity contribution is 0.425. The molecule has 86 valence electrons. The molecule has 0 saturated heterocycles. The topological polar surface area (TPSA) is 49.7 Å². The van der Waals surface area contributed by atoms with Gasteiger partial charge in [-0.3, -0.25) is 0 Å². The fourth-order valence-electron chi connectivity index (χ4n) is 1.37. The predicted octanol–water partition coefficient (Wildman–Crippen LogP) is 1.81. The van der Waals surface area contributed by atoms with E-state index in [0.717, 1.165) is 0 Å². The van der Waals surface area contributed by atoms with Crippen LogP contribution in [0.5, 0.6) is 11.5 Å². The van der Waals surface area contributed by atoms with Crippen LogP contribution in [-0.4, -0.2) is 17.2 Å². The van der Waals surface area contributed by atoms with Gasteiger partial charge >= 0.3 is 7.12 Å². The summed E-state index contributed by atoms with van der Waals surface area (Å²) in [7, 11) is -1.46. The fraction of sp³-hybridized carbons (Fsp3) is 0. The van der Waals surface area contributed by atoms with Crippen molar-refractivity contribution in [2.45, 2.75) is 0 Å². The van der Waals surface area contributed by atoms with Gasteiger partial charge in [0.25, 0.3) is 0 Å². The minimum Gasteiger partial charge on any atom is -0.457 e. The van der Waals surface area contributed by atoms with Gasteiger partial charge < -0.3 is 14.8 Å². The average molecular weight is 248 g/mol. The van der Waals surface area contributed by atoms with Crippen molar-refractivity contribution in [3.63, 3.8) is 0 Å². The summed E-state index contributed by atoms with van der Waals surface area (Å²) in [5.41, 5.74) is 0.420. The van der Waals surface area contributed by atoms with Crippen LogP contribution >= 0.6 is 11.6 Å². The third-order valence-electron chi connectivity index (χ3n) is 2.21. The third-order valence-corrected chi connectivity index (χ3v) is 2.45. The summed E-state index contributed by atoms with van der Waals surface area (Å²) in [4.78, 5) is 0. The van der Waals surface area contributed by atoms with Gasteiger partial charge in [0, 0.05) is 5.02 Å². The minimum absolute atomic E-state index is 0.420. The lowest BCUT2D eigenvalue weighted by Crippen LogP contribution is -2.29. The molecule has 2 N–H and O–H groups in total. The van der Waals surface area contributed by atoms with E-state index in [1.165, 1.54) is 0 Å². The first-order chi connectivity index (χ1) is 8.15. The smallest absolute Gasteiger partial charge is 0.457 e. The summed E-state index contributed by atoms with van der Waals surface area (Å²) in [6.07, 6.45) is 0. The first kappa shape index (κ1) is 12.0. The Labute approximate surface area is 104 Å². The summed E-state index contributed by atoms with van der Waals surface area (Å²) < 4.78 is 5.55. The zero-order chi connectivity index (χ0) is 12.3. The van der Waals surface area contributed by atoms with Crippen molar-refractivity contribution >= 4 is 24.2 Å². The highest BCUT2D eigenvalue weighted by Crippen LogP contribution is 2.23. The van der Waals surface area contributed by atoms with Gasteiger partial charge in [-0.1, -0.05) is 29.8 Å². The molecular weight excluding hydrogens is 238 g/mol. The second-order valence-electron chi connectivity index (χ2n) is 3.50. The number of benzene rings is 2. The molecule has 3 nitrogen and oxygen atoms in total. The molecule has 0 aliphatic carbocycles. The Morgan fingerprint density at radius 3 is 2.24 bits per heavy atom. The standard InChI is InChI=1S/C12H10BClO3/c14-10-2-1-3-12(8-10)17-11-6-4-9(5-7-11)13(15)16/h1-8,15-16H. The van der Waals surface area contributed by atoms with Crippen LogP contribution < -0.4 is 10.2 Å². The number of halogens is 1. The molecular formula is C12H10BClO3. The molecule has 0 saturated carbocycles. The Kier molecular flexibility index (Phi) is 3.69. The van der Waals surface area contributed by atoms with Crippen LogP contribution in [0.25, 0.3) is 0 Å². The van der Waals surface area contributed by atoms with E-state index in [1.54, 1.807) is 48.5 Å². The van der Waals surface area contributed by atoms with Gasteiger partial charge in [0.05, 0.1) is 0 Å². The second-order valence-corrected chi connectivity index (χ2v) is 3.94. The zero-order valence-electron chi connectivity index (χ0n) is 8.88. The first-order valence-electron chi connectivity index (χ1n) is 5.05. The molecule has 5 heteroatoms. The maximum absolute atomic E-state index is 8.94. The molecule has 0 bridgehead atoms. The predicted molar refractivity (Wildman–Crippen MR) is 67.8 cm³/mol. The van der Waals surface area contributed by atoms with E-state index in [2.05, 4.69) is 0 Å². The highest BCUT2D eigenvalue weighted by molar-refractivity contribution is 6.58. The maximum Gasteiger partial charge on any atom is 0.488 e. The summed E-state index contributed by atoms with van der Waals surface area (Å²) in [6, 6.07) is 13.6. The first-order valence-corrected chi connectivity index (χ1v) is 5.42. The van der Waals surface area contributed by atoms with Crippen LogP contribution in [0.4, 0.5) is 0 Å². The third kappa shape index (κ3) is 3.23. The molecule has 0 aliphatic heterocycles. The Balaban J connectivity index is 2.14. The van der Waals surface area contributed by atoms with E-state index in [-0.39, 0.29) is 0 Å². The average Bonchev–Trinajstić information content (AvgIpc) is 2.29. The van der Waals surface area contributed by atoms with E-state index >= 15 is 0 Å². The molecule has 0 amide bonds. The zero-order valence-corrected chi connectivity index (χ0v) is 9.63. The van der Waals surface area contributed by atoms with Gasteiger partial charge in [-0.2, -0.15) is 0 Å². The van der Waals surface area contributed by atoms with Crippen LogP contribution in [0.3, 0.4) is 0 Å². The summed E-state index contributed by atoms with van der Waals surface area (Å²) >= 11 is 5.83. The van der Waals surface area contributed by atoms with E-state index < -0.39 is 7.12 Å². The number of hydrogen-bond donors (Lipinski definition) is 2. The van der Waals surface area contributed by atoms with Gasteiger partial charge in [-0.25, -0.2) is 0 Å². The molecule has 0 radical (unpaired) electrons. The van der Waals surface area contributed by atoms with Crippen LogP contribution in [-0.2, 0) is 0 Å². The number of hydrogen-bond acceptors (Lipinski definition) is 3. The van der Waals surface area contributed by atoms with E-state index in [9.17, 15) is 0 Å². The molecule has 2 aromatic rings. The molecule has 0 aromatic heterocycles. The second kappa shape index (κ2) is 5.23. The van der Waals surface area contributed by atoms with Crippen LogP contribution in [0.1, 0.15) is 0 Å². The van der Waals surface area contributed by atoms with Crippen molar-refractivity contribution in [1.29, 1.82) is 0 Å². The molecule has 0 atom stereocenters. The van der Waals surface area contributed by atoms with Crippen LogP contribution in [0.2, 0.25) is 5.02 Å². The molecule has 0 aliphatic rings. The van der Waals surface area contributed by atoms with Crippen molar-refractivity contribution in [3.05, 3.63) is 53.6 Å². The van der Waals surface area contributed by atoms with Crippen molar-refractivity contribution < 1.29 is 14.8 Å². The monoisotopic (exact) mass is 248 g/mol. The van der Waals surface area contributed by atoms with Crippen molar-refractivity contribution in [1.82, 2.24) is 0 Å². The maximum atomic E-state index is 8.94. The summed E-state index contributed by atoms with van der Waals surface area (Å²) in [6.45, 7) is 0. The highest BCUT2D eigenvalue weighted by Gasteiger charge is 2.10. The minimum atomic E-state index is -1.46. The summed E-state index contributed by atoms with van der Waals surface area (Å²) in [5.74, 6) is 1.24. The molecule has 0 fully saturated rings. The highest BCUT2D eigenvalue weighted by atomic mass is 35.5. The normalized spacial score (nSPS) is 10.1. The Hall–Kier alpha value is -1.49. The van der Waals surface area contributed by atoms with Crippen molar-refractivity contribution in [2.75, 3.05) is 0 Å². The van der Waals surface area contributed by atoms with E-state index in [4.69, 9.17) is 26.4 Å². The van der Waals surface area contributed by atoms with Gasteiger partial charge in [0.2, 0.25) is 0 Å². The number of rotatable bonds is 3. The lowest BCUT2D eigenvalue weighted by atomic mass is 9.80. The molecule has 17 heavy (non-hydrogen) atoms. The van der Waals surface area contributed by atoms with Gasteiger partial charge in [0.1, 0.15) is 11.5 Å². The molecule has 0 heterocycles. The quantitative estimate of drug-likeness (QED) is 0.815. The SMILES string of the molecule is OB(O)c1ccc(Oc2cccc(Cl)c2)cc1. The van der Waals surface area contributed by atoms with Crippen LogP contribution in [0.15, 0.2) is 48.5 Å². The molecule has 0 spiro atoms. The Bertz CT molecular complexity index is 499. The Morgan fingerprint density at radius 2 is 1.65 bits per heavy atom. The van der Waals surface area contributed by atoms with Gasteiger partial charge in [-0.15, -0.1) is 0 Å². The molecule has 2 aromatic carbocycles. The largest absolute Gasteiger partial charge is 0.488 e. The van der Waals surface area contributed by atoms with Crippen molar-refractivity contribution in [3.8, 4) is 11.5 Å². The van der Waals surface area contributed by atoms with E-state index in [0.29, 0.717) is 22.0 Å². The Morgan fingerprint density at radius 1 is 0.941 bits per heavy atom. The molecule has 2 rings (SSSR count). The van der Waals surface area contributed by atoms with Crippen LogP contribution in [0, 0.1) is 0 Å². The molecule has 0 unspecified atom stereocenters. The van der Waals surface area contributed by atoms with E-state index in [1.807, 2.05) is 0 Å². The number of ether oxygens (including phenoxy) is 1. The summed E-state index contributed by atoms with van der Waals surface area (Å²) in [5, 5.41) is 18.5. The lowest BCUT2D eigenvalue weighted by Gasteiger charge is -2.06. The fourth-order valence-corrected chi connectivity index (χ4v) is 1.55.